The summed E-state index contributed by atoms with van der Waals surface area (Å²) in [6.45, 7) is 10.5. The van der Waals surface area contributed by atoms with E-state index in [0.29, 0.717) is 0 Å². The number of nitrogens with two attached hydrogens (primary N) is 1. The normalized spacial score (nSPS) is 10.7. The molecule has 0 aliphatic heterocycles. The van der Waals surface area contributed by atoms with Crippen LogP contribution in [0.1, 0.15) is 51.0 Å². The molecule has 0 fully saturated rings. The van der Waals surface area contributed by atoms with E-state index in [0.717, 1.165) is 59.0 Å². The van der Waals surface area contributed by atoms with Crippen LogP contribution in [0.4, 0.5) is 5.69 Å². The number of hydrogen-bond donors (Lipinski definition) is 2. The standard InChI is InChI=1S/C23H25N5O.C2H6/c1-3-9-28(10-4-2)17-7-5-15(6-8-17)16-11-19-18-12-20(22(24)29)25-14-21(18)27-23(19)26-13-16;1-2/h5-8,11-14H,3-4,9-10H2,1-2H3,(H2,24,29)(H,26,27);1-2H3. The van der Waals surface area contributed by atoms with Crippen molar-refractivity contribution in [1.82, 2.24) is 15.0 Å². The lowest BCUT2D eigenvalue weighted by molar-refractivity contribution is 0.0996. The predicted molar refractivity (Wildman–Crippen MR) is 129 cm³/mol. The fourth-order valence-electron chi connectivity index (χ4n) is 3.74. The lowest BCUT2D eigenvalue weighted by atomic mass is 10.0. The van der Waals surface area contributed by atoms with Crippen LogP contribution in [0.3, 0.4) is 0 Å². The highest BCUT2D eigenvalue weighted by Gasteiger charge is 2.11. The van der Waals surface area contributed by atoms with E-state index in [1.165, 1.54) is 5.69 Å². The molecule has 0 aliphatic rings. The monoisotopic (exact) mass is 417 g/mol. The lowest BCUT2D eigenvalue weighted by Crippen LogP contribution is -2.24. The van der Waals surface area contributed by atoms with Crippen LogP contribution in [-0.4, -0.2) is 33.9 Å². The van der Waals surface area contributed by atoms with Crippen molar-refractivity contribution >= 4 is 33.5 Å². The van der Waals surface area contributed by atoms with Crippen LogP contribution >= 0.6 is 0 Å². The predicted octanol–water partition coefficient (Wildman–Crippen LogP) is 5.53. The van der Waals surface area contributed by atoms with E-state index in [1.807, 2.05) is 20.0 Å². The van der Waals surface area contributed by atoms with Gasteiger partial charge in [-0.25, -0.2) is 9.97 Å². The van der Waals surface area contributed by atoms with Gasteiger partial charge in [0.05, 0.1) is 11.7 Å². The summed E-state index contributed by atoms with van der Waals surface area (Å²) in [5, 5.41) is 1.84. The van der Waals surface area contributed by atoms with Gasteiger partial charge in [0, 0.05) is 41.3 Å². The van der Waals surface area contributed by atoms with Crippen molar-refractivity contribution < 1.29 is 4.79 Å². The molecule has 4 rings (SSSR count). The largest absolute Gasteiger partial charge is 0.372 e. The number of anilines is 1. The average Bonchev–Trinajstić information content (AvgIpc) is 3.17. The van der Waals surface area contributed by atoms with Crippen molar-refractivity contribution in [2.75, 3.05) is 18.0 Å². The highest BCUT2D eigenvalue weighted by molar-refractivity contribution is 6.08. The third-order valence-corrected chi connectivity index (χ3v) is 5.14. The molecule has 0 aliphatic carbocycles. The molecule has 0 bridgehead atoms. The van der Waals surface area contributed by atoms with Gasteiger partial charge in [-0.15, -0.1) is 0 Å². The van der Waals surface area contributed by atoms with E-state index < -0.39 is 5.91 Å². The van der Waals surface area contributed by atoms with Crippen molar-refractivity contribution in [3.8, 4) is 11.1 Å². The second-order valence-corrected chi connectivity index (χ2v) is 7.26. The summed E-state index contributed by atoms with van der Waals surface area (Å²) in [7, 11) is 0. The summed E-state index contributed by atoms with van der Waals surface area (Å²) in [5.41, 5.74) is 10.6. The molecule has 1 amide bonds. The average molecular weight is 418 g/mol. The molecule has 6 nitrogen and oxygen atoms in total. The number of carbonyl (C=O) groups excluding carboxylic acids is 1. The fourth-order valence-corrected chi connectivity index (χ4v) is 3.74. The Kier molecular flexibility index (Phi) is 7.23. The summed E-state index contributed by atoms with van der Waals surface area (Å²) >= 11 is 0. The van der Waals surface area contributed by atoms with E-state index >= 15 is 0 Å². The number of nitrogens with zero attached hydrogens (tertiary/aromatic N) is 3. The van der Waals surface area contributed by atoms with Crippen LogP contribution in [-0.2, 0) is 0 Å². The van der Waals surface area contributed by atoms with Gasteiger partial charge in [0.1, 0.15) is 11.3 Å². The van der Waals surface area contributed by atoms with Gasteiger partial charge in [0.2, 0.25) is 0 Å². The quantitative estimate of drug-likeness (QED) is 0.414. The molecule has 1 aromatic carbocycles. The Morgan fingerprint density at radius 2 is 1.61 bits per heavy atom. The first kappa shape index (κ1) is 22.3. The van der Waals surface area contributed by atoms with E-state index in [9.17, 15) is 4.79 Å². The molecule has 3 aromatic heterocycles. The number of rotatable bonds is 7. The zero-order valence-electron chi connectivity index (χ0n) is 18.8. The first-order valence-corrected chi connectivity index (χ1v) is 11.0. The molecule has 0 unspecified atom stereocenters. The number of H-pyrrole nitrogens is 1. The van der Waals surface area contributed by atoms with Crippen LogP contribution < -0.4 is 10.6 Å². The summed E-state index contributed by atoms with van der Waals surface area (Å²) in [6, 6.07) is 12.4. The maximum Gasteiger partial charge on any atom is 0.267 e. The molecular formula is C25H31N5O. The van der Waals surface area contributed by atoms with Crippen LogP contribution in [0.5, 0.6) is 0 Å². The lowest BCUT2D eigenvalue weighted by Gasteiger charge is -2.24. The second kappa shape index (κ2) is 10.1. The number of pyridine rings is 2. The topological polar surface area (TPSA) is 87.9 Å². The molecule has 31 heavy (non-hydrogen) atoms. The Morgan fingerprint density at radius 3 is 2.23 bits per heavy atom. The van der Waals surface area contributed by atoms with Crippen LogP contribution in [0.25, 0.3) is 33.1 Å². The van der Waals surface area contributed by atoms with Crippen molar-refractivity contribution in [3.63, 3.8) is 0 Å². The molecular weight excluding hydrogens is 386 g/mol. The van der Waals surface area contributed by atoms with Crippen molar-refractivity contribution in [1.29, 1.82) is 0 Å². The molecule has 3 N–H and O–H groups in total. The van der Waals surface area contributed by atoms with Gasteiger partial charge in [-0.05, 0) is 42.7 Å². The van der Waals surface area contributed by atoms with E-state index in [1.54, 1.807) is 12.3 Å². The minimum atomic E-state index is -0.537. The number of aromatic amines is 1. The number of fused-ring (bicyclic) bond motifs is 3. The third-order valence-electron chi connectivity index (χ3n) is 5.14. The van der Waals surface area contributed by atoms with Gasteiger partial charge in [-0.1, -0.05) is 39.8 Å². The summed E-state index contributed by atoms with van der Waals surface area (Å²) in [4.78, 5) is 25.8. The number of benzene rings is 1. The van der Waals surface area contributed by atoms with Crippen molar-refractivity contribution in [3.05, 3.63) is 54.5 Å². The zero-order chi connectivity index (χ0) is 22.4. The van der Waals surface area contributed by atoms with E-state index in [2.05, 4.69) is 64.0 Å². The Balaban J connectivity index is 0.00000132. The SMILES string of the molecule is CC.CCCN(CCC)c1ccc(-c2cnc3[nH]c4cnc(C(N)=O)cc4c3c2)cc1. The number of primary amides is 1. The second-order valence-electron chi connectivity index (χ2n) is 7.26. The van der Waals surface area contributed by atoms with Crippen LogP contribution in [0.2, 0.25) is 0 Å². The minimum Gasteiger partial charge on any atom is -0.372 e. The van der Waals surface area contributed by atoms with Gasteiger partial charge in [-0.2, -0.15) is 0 Å². The molecule has 6 heteroatoms. The van der Waals surface area contributed by atoms with Crippen LogP contribution in [0, 0.1) is 0 Å². The fraction of sp³-hybridized carbons (Fsp3) is 0.320. The Bertz CT molecular complexity index is 1160. The number of carbonyl (C=O) groups is 1. The number of amides is 1. The Hall–Kier alpha value is -3.41. The Morgan fingerprint density at radius 1 is 0.935 bits per heavy atom. The highest BCUT2D eigenvalue weighted by Crippen LogP contribution is 2.29. The molecule has 4 aromatic rings. The van der Waals surface area contributed by atoms with Gasteiger partial charge in [0.15, 0.2) is 0 Å². The van der Waals surface area contributed by atoms with E-state index in [-0.39, 0.29) is 5.69 Å². The van der Waals surface area contributed by atoms with Gasteiger partial charge < -0.3 is 15.6 Å². The molecule has 0 spiro atoms. The molecule has 162 valence electrons. The molecule has 0 saturated carbocycles. The zero-order valence-corrected chi connectivity index (χ0v) is 18.8. The smallest absolute Gasteiger partial charge is 0.267 e. The maximum atomic E-state index is 11.5. The molecule has 0 atom stereocenters. The maximum absolute atomic E-state index is 11.5. The number of nitrogens with one attached hydrogen (secondary N) is 1. The van der Waals surface area contributed by atoms with Crippen molar-refractivity contribution in [2.24, 2.45) is 5.73 Å². The first-order chi connectivity index (χ1) is 15.1. The first-order valence-electron chi connectivity index (χ1n) is 11.0. The Labute approximate surface area is 183 Å². The molecule has 0 radical (unpaired) electrons. The van der Waals surface area contributed by atoms with E-state index in [4.69, 9.17) is 5.73 Å². The number of hydrogen-bond acceptors (Lipinski definition) is 4. The number of aromatic nitrogens is 3. The molecule has 0 saturated heterocycles. The third kappa shape index (κ3) is 4.68. The van der Waals surface area contributed by atoms with Gasteiger partial charge >= 0.3 is 0 Å². The van der Waals surface area contributed by atoms with Gasteiger partial charge in [0.25, 0.3) is 5.91 Å². The van der Waals surface area contributed by atoms with Crippen molar-refractivity contribution in [2.45, 2.75) is 40.5 Å². The van der Waals surface area contributed by atoms with Crippen LogP contribution in [0.15, 0.2) is 48.8 Å². The highest BCUT2D eigenvalue weighted by atomic mass is 16.1. The minimum absolute atomic E-state index is 0.250. The van der Waals surface area contributed by atoms with Gasteiger partial charge in [-0.3, -0.25) is 4.79 Å². The summed E-state index contributed by atoms with van der Waals surface area (Å²) in [6.07, 6.45) is 5.75. The summed E-state index contributed by atoms with van der Waals surface area (Å²) < 4.78 is 0. The summed E-state index contributed by atoms with van der Waals surface area (Å²) in [5.74, 6) is -0.537. The molecule has 3 heterocycles.